The van der Waals surface area contributed by atoms with Crippen LogP contribution in [0.1, 0.15) is 6.42 Å². The standard InChI is InChI=1S/C18H20N10O3/c1-24-16-15(17(30)25(2)18(24)31)27(9-19-16)8-14(29)21-11-5-6-26(7-11)13-4-3-12-22-20-10-28(12)23-13/h3-4,9-11H,5-8H2,1-2H3,(H,21,29). The second-order valence-electron chi connectivity index (χ2n) is 7.57. The highest BCUT2D eigenvalue weighted by molar-refractivity contribution is 5.79. The highest BCUT2D eigenvalue weighted by atomic mass is 16.2. The number of amides is 1. The average molecular weight is 424 g/mol. The van der Waals surface area contributed by atoms with Gasteiger partial charge < -0.3 is 14.8 Å². The molecule has 0 bridgehead atoms. The zero-order valence-electron chi connectivity index (χ0n) is 17.0. The van der Waals surface area contributed by atoms with Crippen molar-refractivity contribution in [1.29, 1.82) is 0 Å². The Kier molecular flexibility index (Phi) is 4.30. The van der Waals surface area contributed by atoms with Crippen LogP contribution < -0.4 is 21.5 Å². The van der Waals surface area contributed by atoms with E-state index in [0.29, 0.717) is 12.2 Å². The van der Waals surface area contributed by atoms with Gasteiger partial charge in [0, 0.05) is 33.2 Å². The predicted octanol–water partition coefficient (Wildman–Crippen LogP) is -1.73. The van der Waals surface area contributed by atoms with Gasteiger partial charge in [-0.15, -0.1) is 15.3 Å². The van der Waals surface area contributed by atoms with Gasteiger partial charge in [-0.25, -0.2) is 9.78 Å². The van der Waals surface area contributed by atoms with Gasteiger partial charge in [0.15, 0.2) is 16.8 Å². The van der Waals surface area contributed by atoms with Gasteiger partial charge in [0.1, 0.15) is 18.7 Å². The Morgan fingerprint density at radius 2 is 2.03 bits per heavy atom. The quantitative estimate of drug-likeness (QED) is 0.408. The van der Waals surface area contributed by atoms with Crippen molar-refractivity contribution in [3.8, 4) is 0 Å². The maximum atomic E-state index is 12.6. The molecule has 5 heterocycles. The molecule has 13 nitrogen and oxygen atoms in total. The maximum Gasteiger partial charge on any atom is 0.332 e. The minimum atomic E-state index is -0.481. The fourth-order valence-corrected chi connectivity index (χ4v) is 3.92. The summed E-state index contributed by atoms with van der Waals surface area (Å²) in [6.45, 7) is 1.31. The van der Waals surface area contributed by atoms with E-state index in [2.05, 4.69) is 30.5 Å². The largest absolute Gasteiger partial charge is 0.353 e. The molecule has 4 aromatic rings. The molecule has 160 valence electrons. The van der Waals surface area contributed by atoms with Crippen molar-refractivity contribution in [2.75, 3.05) is 18.0 Å². The van der Waals surface area contributed by atoms with Gasteiger partial charge in [-0.3, -0.25) is 18.7 Å². The third-order valence-electron chi connectivity index (χ3n) is 5.56. The number of hydrogen-bond donors (Lipinski definition) is 1. The van der Waals surface area contributed by atoms with Gasteiger partial charge in [-0.05, 0) is 18.6 Å². The number of nitrogens with one attached hydrogen (secondary N) is 1. The van der Waals surface area contributed by atoms with Crippen molar-refractivity contribution < 1.29 is 4.79 Å². The topological polar surface area (TPSA) is 137 Å². The Labute approximate surface area is 174 Å². The molecule has 0 spiro atoms. The molecule has 5 rings (SSSR count). The lowest BCUT2D eigenvalue weighted by Gasteiger charge is -2.18. The predicted molar refractivity (Wildman–Crippen MR) is 110 cm³/mol. The van der Waals surface area contributed by atoms with Crippen LogP contribution in [0.15, 0.2) is 34.4 Å². The summed E-state index contributed by atoms with van der Waals surface area (Å²) in [6.07, 6.45) is 3.72. The first kappa shape index (κ1) is 19.0. The summed E-state index contributed by atoms with van der Waals surface area (Å²) in [5.74, 6) is 0.554. The van der Waals surface area contributed by atoms with Crippen LogP contribution in [-0.2, 0) is 25.4 Å². The van der Waals surface area contributed by atoms with E-state index in [1.54, 1.807) is 17.9 Å². The molecule has 31 heavy (non-hydrogen) atoms. The molecule has 1 aliphatic rings. The maximum absolute atomic E-state index is 12.6. The second kappa shape index (κ2) is 7.04. The van der Waals surface area contributed by atoms with Gasteiger partial charge in [-0.2, -0.15) is 4.52 Å². The van der Waals surface area contributed by atoms with Crippen LogP contribution in [0, 0.1) is 0 Å². The van der Waals surface area contributed by atoms with Crippen molar-refractivity contribution in [1.82, 2.24) is 43.8 Å². The van der Waals surface area contributed by atoms with Crippen LogP contribution in [-0.4, -0.2) is 63.5 Å². The fourth-order valence-electron chi connectivity index (χ4n) is 3.92. The molecule has 1 amide bonds. The SMILES string of the molecule is Cn1c(=O)c2c(ncn2CC(=O)NC2CCN(c3ccc4nncn4n3)C2)n(C)c1=O. The Morgan fingerprint density at radius 1 is 1.19 bits per heavy atom. The first-order valence-corrected chi connectivity index (χ1v) is 9.74. The summed E-state index contributed by atoms with van der Waals surface area (Å²) in [7, 11) is 2.94. The number of fused-ring (bicyclic) bond motifs is 2. The normalized spacial score (nSPS) is 16.5. The Balaban J connectivity index is 1.29. The Bertz CT molecular complexity index is 1430. The summed E-state index contributed by atoms with van der Waals surface area (Å²) in [4.78, 5) is 43.4. The monoisotopic (exact) mass is 424 g/mol. The fraction of sp³-hybridized carbons (Fsp3) is 0.389. The zero-order valence-corrected chi connectivity index (χ0v) is 17.0. The summed E-state index contributed by atoms with van der Waals surface area (Å²) in [5.41, 5.74) is 0.203. The number of imidazole rings is 1. The highest BCUT2D eigenvalue weighted by Gasteiger charge is 2.26. The van der Waals surface area contributed by atoms with E-state index < -0.39 is 11.2 Å². The van der Waals surface area contributed by atoms with Crippen molar-refractivity contribution in [2.45, 2.75) is 19.0 Å². The number of carbonyl (C=O) groups is 1. The van der Waals surface area contributed by atoms with Gasteiger partial charge in [0.25, 0.3) is 5.56 Å². The van der Waals surface area contributed by atoms with E-state index in [4.69, 9.17) is 0 Å². The lowest BCUT2D eigenvalue weighted by Crippen LogP contribution is -2.40. The number of rotatable bonds is 4. The summed E-state index contributed by atoms with van der Waals surface area (Å²) in [5, 5.41) is 15.3. The lowest BCUT2D eigenvalue weighted by atomic mass is 10.2. The second-order valence-corrected chi connectivity index (χ2v) is 7.57. The van der Waals surface area contributed by atoms with Crippen LogP contribution in [0.4, 0.5) is 5.82 Å². The summed E-state index contributed by atoms with van der Waals surface area (Å²) < 4.78 is 5.38. The Morgan fingerprint density at radius 3 is 2.87 bits per heavy atom. The van der Waals surface area contributed by atoms with Crippen molar-refractivity contribution in [3.63, 3.8) is 0 Å². The summed E-state index contributed by atoms with van der Waals surface area (Å²) >= 11 is 0. The number of anilines is 1. The van der Waals surface area contributed by atoms with Crippen LogP contribution >= 0.6 is 0 Å². The number of hydrogen-bond acceptors (Lipinski definition) is 8. The minimum Gasteiger partial charge on any atom is -0.353 e. The minimum absolute atomic E-state index is 0.0483. The molecule has 1 N–H and O–H groups in total. The molecule has 1 fully saturated rings. The van der Waals surface area contributed by atoms with E-state index in [1.165, 1.54) is 22.5 Å². The molecule has 0 aliphatic carbocycles. The molecule has 1 saturated heterocycles. The Hall–Kier alpha value is -4.03. The van der Waals surface area contributed by atoms with Crippen LogP contribution in [0.25, 0.3) is 16.8 Å². The molecule has 0 saturated carbocycles. The third-order valence-corrected chi connectivity index (χ3v) is 5.56. The van der Waals surface area contributed by atoms with Crippen molar-refractivity contribution in [3.05, 3.63) is 45.6 Å². The molecule has 13 heteroatoms. The zero-order chi connectivity index (χ0) is 21.7. The average Bonchev–Trinajstić information content (AvgIpc) is 3.49. The van der Waals surface area contributed by atoms with Crippen LogP contribution in [0.2, 0.25) is 0 Å². The third kappa shape index (κ3) is 3.14. The van der Waals surface area contributed by atoms with Crippen LogP contribution in [0.3, 0.4) is 0 Å². The molecular formula is C18H20N10O3. The van der Waals surface area contributed by atoms with E-state index in [9.17, 15) is 14.4 Å². The highest BCUT2D eigenvalue weighted by Crippen LogP contribution is 2.18. The van der Waals surface area contributed by atoms with Gasteiger partial charge in [-0.1, -0.05) is 0 Å². The van der Waals surface area contributed by atoms with Crippen molar-refractivity contribution in [2.24, 2.45) is 14.1 Å². The molecule has 4 aromatic heterocycles. The van der Waals surface area contributed by atoms with Crippen molar-refractivity contribution >= 4 is 28.5 Å². The number of nitrogens with zero attached hydrogens (tertiary/aromatic N) is 9. The van der Waals surface area contributed by atoms with Gasteiger partial charge >= 0.3 is 5.69 Å². The molecule has 0 aromatic carbocycles. The van der Waals surface area contributed by atoms with E-state index in [-0.39, 0.29) is 29.7 Å². The smallest absolute Gasteiger partial charge is 0.332 e. The first-order chi connectivity index (χ1) is 14.9. The van der Waals surface area contributed by atoms with Crippen LogP contribution in [0.5, 0.6) is 0 Å². The molecule has 1 unspecified atom stereocenters. The number of carbonyl (C=O) groups excluding carboxylic acids is 1. The molecular weight excluding hydrogens is 404 g/mol. The number of aryl methyl sites for hydroxylation is 1. The van der Waals surface area contributed by atoms with Gasteiger partial charge in [0.2, 0.25) is 5.91 Å². The summed E-state index contributed by atoms with van der Waals surface area (Å²) in [6, 6.07) is 3.68. The lowest BCUT2D eigenvalue weighted by molar-refractivity contribution is -0.122. The first-order valence-electron chi connectivity index (χ1n) is 9.74. The number of aromatic nitrogens is 8. The molecule has 1 aliphatic heterocycles. The van der Waals surface area contributed by atoms with E-state index >= 15 is 0 Å². The van der Waals surface area contributed by atoms with Gasteiger partial charge in [0.05, 0.1) is 6.33 Å². The molecule has 1 atom stereocenters. The van der Waals surface area contributed by atoms with E-state index in [0.717, 1.165) is 23.4 Å². The van der Waals surface area contributed by atoms with E-state index in [1.807, 2.05) is 12.1 Å². The molecule has 0 radical (unpaired) electrons.